The highest BCUT2D eigenvalue weighted by Crippen LogP contribution is 2.48. The van der Waals surface area contributed by atoms with Gasteiger partial charge in [0, 0.05) is 56.4 Å². The Labute approximate surface area is 249 Å². The molecule has 222 valence electrons. The van der Waals surface area contributed by atoms with Crippen LogP contribution in [0.4, 0.5) is 33.3 Å². The Hall–Kier alpha value is -4.71. The Balaban J connectivity index is 1.09. The zero-order chi connectivity index (χ0) is 29.5. The molecule has 0 amide bonds. The number of halogens is 1. The number of benzene rings is 2. The molecule has 0 aliphatic carbocycles. The van der Waals surface area contributed by atoms with Gasteiger partial charge in [-0.05, 0) is 43.2 Å². The maximum Gasteiger partial charge on any atom is 0.320 e. The van der Waals surface area contributed by atoms with Gasteiger partial charge in [-0.2, -0.15) is 9.67 Å². The number of carbonyl (C=O) groups excluding carboxylic acids is 1. The Morgan fingerprint density at radius 1 is 1.05 bits per heavy atom. The molecule has 3 N–H and O–H groups in total. The molecule has 0 radical (unpaired) electrons. The van der Waals surface area contributed by atoms with Crippen LogP contribution in [-0.2, 0) is 9.53 Å². The number of aromatic nitrogens is 4. The van der Waals surface area contributed by atoms with Gasteiger partial charge in [0.2, 0.25) is 11.9 Å². The molecule has 0 saturated carbocycles. The molecule has 11 nitrogen and oxygen atoms in total. The first-order chi connectivity index (χ1) is 21.0. The minimum Gasteiger partial charge on any atom is -0.465 e. The number of anilines is 5. The lowest BCUT2D eigenvalue weighted by atomic mass is 9.97. The second-order valence-corrected chi connectivity index (χ2v) is 11.1. The molecule has 1 atom stereocenters. The minimum atomic E-state index is -0.353. The summed E-state index contributed by atoms with van der Waals surface area (Å²) in [7, 11) is 0. The average Bonchev–Trinajstić information content (AvgIpc) is 3.73. The van der Waals surface area contributed by atoms with Gasteiger partial charge < -0.3 is 25.6 Å². The Kier molecular flexibility index (Phi) is 7.05. The zero-order valence-corrected chi connectivity index (χ0v) is 24.0. The second-order valence-electron chi connectivity index (χ2n) is 11.1. The van der Waals surface area contributed by atoms with E-state index in [1.165, 1.54) is 16.4 Å². The average molecular weight is 584 g/mol. The highest BCUT2D eigenvalue weighted by atomic mass is 19.1. The summed E-state index contributed by atoms with van der Waals surface area (Å²) in [4.78, 5) is 27.6. The van der Waals surface area contributed by atoms with Crippen LogP contribution in [0.2, 0.25) is 0 Å². The lowest BCUT2D eigenvalue weighted by Gasteiger charge is -2.35. The summed E-state index contributed by atoms with van der Waals surface area (Å²) in [5.74, 6) is 0.855. The van der Waals surface area contributed by atoms with Crippen LogP contribution in [0.15, 0.2) is 54.6 Å². The molecule has 2 bridgehead atoms. The topological polar surface area (TPSA) is 118 Å². The summed E-state index contributed by atoms with van der Waals surface area (Å²) in [6, 6.07) is 17.3. The molecule has 43 heavy (non-hydrogen) atoms. The quantitative estimate of drug-likeness (QED) is 0.297. The van der Waals surface area contributed by atoms with Gasteiger partial charge >= 0.3 is 5.97 Å². The van der Waals surface area contributed by atoms with Crippen LogP contribution in [0.25, 0.3) is 16.9 Å². The number of fused-ring (bicyclic) bond motifs is 5. The summed E-state index contributed by atoms with van der Waals surface area (Å²) in [5.41, 5.74) is 11.8. The van der Waals surface area contributed by atoms with Gasteiger partial charge in [0.1, 0.15) is 5.82 Å². The number of hydrogen-bond donors (Lipinski definition) is 2. The van der Waals surface area contributed by atoms with Crippen molar-refractivity contribution in [2.75, 3.05) is 73.3 Å². The summed E-state index contributed by atoms with van der Waals surface area (Å²) >= 11 is 0. The van der Waals surface area contributed by atoms with E-state index in [1.807, 2.05) is 34.1 Å². The maximum atomic E-state index is 15.2. The number of piperazine rings is 1. The standard InChI is InChI=1S/C31H34FN9O2/c1-2-43-27(42)19-38-12-14-39(15-13-38)25-9-8-22(16-24(25)32)34-31-36-30(33)41(37-31)26-17-23(20-6-4-3-5-7-20)29-28(35-26)21-10-11-40(29)18-21/h3-9,16-17,21H,2,10-15,18-19H2,1H3,(H3,33,34,36,37). The SMILES string of the molecule is CCOC(=O)CN1CCN(c2ccc(Nc3nc(N)n(-c4cc(-c5ccccc5)c5c(n4)C4CCN5C4)n3)cc2F)CC1. The van der Waals surface area contributed by atoms with E-state index in [1.54, 1.807) is 19.1 Å². The third-order valence-electron chi connectivity index (χ3n) is 8.41. The van der Waals surface area contributed by atoms with Crippen molar-refractivity contribution >= 4 is 34.9 Å². The molecule has 1 unspecified atom stereocenters. The van der Waals surface area contributed by atoms with Crippen molar-refractivity contribution in [2.45, 2.75) is 19.3 Å². The normalized spacial score (nSPS) is 17.8. The number of carbonyl (C=O) groups is 1. The van der Waals surface area contributed by atoms with E-state index in [-0.39, 0.29) is 30.2 Å². The number of nitrogens with one attached hydrogen (secondary N) is 1. The van der Waals surface area contributed by atoms with E-state index in [4.69, 9.17) is 15.5 Å². The third kappa shape index (κ3) is 5.22. The number of esters is 1. The number of hydrogen-bond acceptors (Lipinski definition) is 10. The van der Waals surface area contributed by atoms with Crippen LogP contribution in [-0.4, -0.2) is 83.0 Å². The summed E-state index contributed by atoms with van der Waals surface area (Å²) in [6.45, 7) is 6.97. The number of rotatable bonds is 8. The van der Waals surface area contributed by atoms with Gasteiger partial charge in [-0.15, -0.1) is 5.10 Å². The van der Waals surface area contributed by atoms with Crippen molar-refractivity contribution in [1.29, 1.82) is 0 Å². The fraction of sp³-hybridized carbons (Fsp3) is 0.355. The van der Waals surface area contributed by atoms with E-state index in [0.29, 0.717) is 55.9 Å². The van der Waals surface area contributed by atoms with Crippen molar-refractivity contribution in [1.82, 2.24) is 24.6 Å². The molecular weight excluding hydrogens is 549 g/mol. The van der Waals surface area contributed by atoms with Gasteiger partial charge in [0.25, 0.3) is 0 Å². The highest BCUT2D eigenvalue weighted by Gasteiger charge is 2.38. The van der Waals surface area contributed by atoms with E-state index in [9.17, 15) is 4.79 Å². The smallest absolute Gasteiger partial charge is 0.320 e. The molecule has 5 heterocycles. The number of pyridine rings is 1. The summed E-state index contributed by atoms with van der Waals surface area (Å²) in [5, 5.41) is 7.70. The van der Waals surface area contributed by atoms with E-state index in [0.717, 1.165) is 36.3 Å². The molecule has 3 aliphatic rings. The number of ether oxygens (including phenoxy) is 1. The van der Waals surface area contributed by atoms with Crippen molar-refractivity contribution in [2.24, 2.45) is 0 Å². The third-order valence-corrected chi connectivity index (χ3v) is 8.41. The van der Waals surface area contributed by atoms with Crippen molar-refractivity contribution in [3.63, 3.8) is 0 Å². The molecule has 7 rings (SSSR count). The first-order valence-electron chi connectivity index (χ1n) is 14.7. The predicted molar refractivity (Wildman–Crippen MR) is 164 cm³/mol. The van der Waals surface area contributed by atoms with E-state index < -0.39 is 0 Å². The number of nitrogens with two attached hydrogens (primary N) is 1. The van der Waals surface area contributed by atoms with Crippen LogP contribution < -0.4 is 20.9 Å². The molecule has 3 aliphatic heterocycles. The maximum absolute atomic E-state index is 15.2. The van der Waals surface area contributed by atoms with Crippen molar-refractivity contribution < 1.29 is 13.9 Å². The highest BCUT2D eigenvalue weighted by molar-refractivity contribution is 5.84. The lowest BCUT2D eigenvalue weighted by molar-refractivity contribution is -0.144. The second kappa shape index (κ2) is 11.2. The molecule has 2 saturated heterocycles. The first kappa shape index (κ1) is 27.1. The number of nitrogen functional groups attached to an aromatic ring is 1. The molecule has 2 aromatic carbocycles. The van der Waals surface area contributed by atoms with Gasteiger partial charge in [-0.1, -0.05) is 30.3 Å². The zero-order valence-electron chi connectivity index (χ0n) is 24.0. The fourth-order valence-corrected chi connectivity index (χ4v) is 6.35. The summed E-state index contributed by atoms with van der Waals surface area (Å²) < 4.78 is 21.8. The van der Waals surface area contributed by atoms with Gasteiger partial charge in [0.15, 0.2) is 5.82 Å². The lowest BCUT2D eigenvalue weighted by Crippen LogP contribution is -2.48. The van der Waals surface area contributed by atoms with Gasteiger partial charge in [0.05, 0.1) is 30.2 Å². The van der Waals surface area contributed by atoms with Gasteiger partial charge in [-0.25, -0.2) is 9.37 Å². The summed E-state index contributed by atoms with van der Waals surface area (Å²) in [6.07, 6.45) is 1.09. The Morgan fingerprint density at radius 3 is 2.63 bits per heavy atom. The van der Waals surface area contributed by atoms with Crippen LogP contribution in [0.3, 0.4) is 0 Å². The van der Waals surface area contributed by atoms with Crippen LogP contribution >= 0.6 is 0 Å². The van der Waals surface area contributed by atoms with E-state index in [2.05, 4.69) is 32.4 Å². The van der Waals surface area contributed by atoms with Crippen LogP contribution in [0.1, 0.15) is 25.0 Å². The van der Waals surface area contributed by atoms with E-state index >= 15 is 4.39 Å². The molecule has 4 aromatic rings. The molecule has 0 spiro atoms. The predicted octanol–water partition coefficient (Wildman–Crippen LogP) is 3.79. The monoisotopic (exact) mass is 583 g/mol. The Bertz CT molecular complexity index is 1650. The minimum absolute atomic E-state index is 0.190. The molecular formula is C31H34FN9O2. The van der Waals surface area contributed by atoms with Crippen LogP contribution in [0.5, 0.6) is 0 Å². The molecule has 2 aromatic heterocycles. The number of nitrogens with zero attached hydrogens (tertiary/aromatic N) is 7. The molecule has 2 fully saturated rings. The molecule has 12 heteroatoms. The van der Waals surface area contributed by atoms with Crippen molar-refractivity contribution in [3.05, 3.63) is 66.1 Å². The fourth-order valence-electron chi connectivity index (χ4n) is 6.35. The van der Waals surface area contributed by atoms with Crippen molar-refractivity contribution in [3.8, 4) is 16.9 Å². The van der Waals surface area contributed by atoms with Crippen LogP contribution in [0, 0.1) is 5.82 Å². The van der Waals surface area contributed by atoms with Gasteiger partial charge in [-0.3, -0.25) is 9.69 Å². The Morgan fingerprint density at radius 2 is 1.86 bits per heavy atom. The largest absolute Gasteiger partial charge is 0.465 e. The first-order valence-corrected chi connectivity index (χ1v) is 14.7.